The van der Waals surface area contributed by atoms with Gasteiger partial charge in [-0.1, -0.05) is 93.3 Å². The molecule has 0 aromatic heterocycles. The van der Waals surface area contributed by atoms with E-state index >= 15 is 0 Å². The molecule has 3 aromatic rings. The van der Waals surface area contributed by atoms with Crippen LogP contribution in [0.2, 0.25) is 0 Å². The van der Waals surface area contributed by atoms with Gasteiger partial charge in [-0.3, -0.25) is 0 Å². The molecule has 1 heteroatoms. The second-order valence-corrected chi connectivity index (χ2v) is 6.51. The molecule has 0 N–H and O–H groups in total. The van der Waals surface area contributed by atoms with E-state index in [9.17, 15) is 4.39 Å². The van der Waals surface area contributed by atoms with Gasteiger partial charge in [-0.25, -0.2) is 4.39 Å². The summed E-state index contributed by atoms with van der Waals surface area (Å²) in [6, 6.07) is 19.9. The number of hydrogen-bond acceptors (Lipinski definition) is 0. The molecule has 0 unspecified atom stereocenters. The Hall–Kier alpha value is -2.15. The fourth-order valence-corrected chi connectivity index (χ4v) is 3.27. The van der Waals surface area contributed by atoms with Crippen molar-refractivity contribution in [3.63, 3.8) is 0 Å². The Morgan fingerprint density at radius 2 is 1.58 bits per heavy atom. The van der Waals surface area contributed by atoms with E-state index in [1.54, 1.807) is 0 Å². The van der Waals surface area contributed by atoms with Gasteiger partial charge in [0.2, 0.25) is 0 Å². The van der Waals surface area contributed by atoms with Gasteiger partial charge < -0.3 is 0 Å². The zero-order valence-corrected chi connectivity index (χ0v) is 14.4. The summed E-state index contributed by atoms with van der Waals surface area (Å²) in [6.07, 6.45) is 7.51. The monoisotopic (exact) mass is 320 g/mol. The molecule has 0 bridgehead atoms. The minimum Gasteiger partial charge on any atom is -0.206 e. The zero-order valence-electron chi connectivity index (χ0n) is 14.4. The van der Waals surface area contributed by atoms with Crippen molar-refractivity contribution in [2.24, 2.45) is 0 Å². The third-order valence-electron chi connectivity index (χ3n) is 4.67. The largest absolute Gasteiger partial charge is 0.206 e. The fraction of sp³-hybridized carbons (Fsp3) is 0.304. The van der Waals surface area contributed by atoms with Crippen molar-refractivity contribution in [1.82, 2.24) is 0 Å². The van der Waals surface area contributed by atoms with Gasteiger partial charge in [0.25, 0.3) is 0 Å². The first-order chi connectivity index (χ1) is 11.8. The van der Waals surface area contributed by atoms with Gasteiger partial charge in [0.05, 0.1) is 0 Å². The molecule has 0 fully saturated rings. The highest BCUT2D eigenvalue weighted by Gasteiger charge is 2.09. The van der Waals surface area contributed by atoms with Crippen LogP contribution in [0.5, 0.6) is 0 Å². The summed E-state index contributed by atoms with van der Waals surface area (Å²) in [5.74, 6) is -0.117. The summed E-state index contributed by atoms with van der Waals surface area (Å²) >= 11 is 0. The molecule has 3 aromatic carbocycles. The maximum atomic E-state index is 14.9. The van der Waals surface area contributed by atoms with Crippen LogP contribution in [-0.4, -0.2) is 0 Å². The van der Waals surface area contributed by atoms with Crippen LogP contribution >= 0.6 is 0 Å². The molecule has 0 spiro atoms. The highest BCUT2D eigenvalue weighted by atomic mass is 19.1. The molecule has 0 aliphatic heterocycles. The second kappa shape index (κ2) is 8.10. The Balaban J connectivity index is 1.79. The van der Waals surface area contributed by atoms with E-state index in [2.05, 4.69) is 19.1 Å². The maximum absolute atomic E-state index is 14.9. The number of aryl methyl sites for hydroxylation is 1. The van der Waals surface area contributed by atoms with Crippen molar-refractivity contribution in [2.45, 2.75) is 45.4 Å². The number of unbranched alkanes of at least 4 members (excludes halogenated alkanes) is 4. The first kappa shape index (κ1) is 16.7. The minimum atomic E-state index is -0.117. The number of rotatable bonds is 7. The van der Waals surface area contributed by atoms with E-state index in [4.69, 9.17) is 0 Å². The van der Waals surface area contributed by atoms with Crippen molar-refractivity contribution in [3.8, 4) is 11.1 Å². The average molecular weight is 320 g/mol. The molecule has 0 atom stereocenters. The van der Waals surface area contributed by atoms with Crippen LogP contribution in [0.15, 0.2) is 60.7 Å². The summed E-state index contributed by atoms with van der Waals surface area (Å²) in [6.45, 7) is 2.24. The topological polar surface area (TPSA) is 0 Å². The fourth-order valence-electron chi connectivity index (χ4n) is 3.27. The lowest BCUT2D eigenvalue weighted by Crippen LogP contribution is -1.90. The van der Waals surface area contributed by atoms with Crippen LogP contribution in [0, 0.1) is 5.82 Å². The van der Waals surface area contributed by atoms with Crippen LogP contribution in [-0.2, 0) is 6.42 Å². The molecule has 0 saturated heterocycles. The first-order valence-corrected chi connectivity index (χ1v) is 9.06. The van der Waals surface area contributed by atoms with Crippen LogP contribution in [0.3, 0.4) is 0 Å². The van der Waals surface area contributed by atoms with Gasteiger partial charge in [-0.05, 0) is 29.4 Å². The number of benzene rings is 3. The molecule has 0 saturated carbocycles. The van der Waals surface area contributed by atoms with Crippen LogP contribution in [0.4, 0.5) is 4.39 Å². The van der Waals surface area contributed by atoms with E-state index < -0.39 is 0 Å². The number of hydrogen-bond donors (Lipinski definition) is 0. The highest BCUT2D eigenvalue weighted by molar-refractivity contribution is 5.88. The molecule has 24 heavy (non-hydrogen) atoms. The quantitative estimate of drug-likeness (QED) is 0.405. The summed E-state index contributed by atoms with van der Waals surface area (Å²) in [7, 11) is 0. The lowest BCUT2D eigenvalue weighted by Gasteiger charge is -2.09. The van der Waals surface area contributed by atoms with Gasteiger partial charge in [0.1, 0.15) is 5.82 Å². The molecule has 0 heterocycles. The molecule has 0 radical (unpaired) electrons. The van der Waals surface area contributed by atoms with Crippen molar-refractivity contribution >= 4 is 10.8 Å². The highest BCUT2D eigenvalue weighted by Crippen LogP contribution is 2.29. The lowest BCUT2D eigenvalue weighted by atomic mass is 9.97. The van der Waals surface area contributed by atoms with Gasteiger partial charge in [-0.15, -0.1) is 0 Å². The van der Waals surface area contributed by atoms with Gasteiger partial charge in [0.15, 0.2) is 0 Å². The molecule has 3 rings (SSSR count). The molecule has 0 aliphatic carbocycles. The molecule has 124 valence electrons. The third kappa shape index (κ3) is 3.84. The molecule has 0 amide bonds. The van der Waals surface area contributed by atoms with Gasteiger partial charge in [0, 0.05) is 10.9 Å². The Bertz CT molecular complexity index is 790. The van der Waals surface area contributed by atoms with E-state index in [1.165, 1.54) is 37.7 Å². The maximum Gasteiger partial charge on any atom is 0.138 e. The minimum absolute atomic E-state index is 0.117. The molecular weight excluding hydrogens is 295 g/mol. The van der Waals surface area contributed by atoms with Crippen molar-refractivity contribution < 1.29 is 4.39 Å². The number of fused-ring (bicyclic) bond motifs is 1. The smallest absolute Gasteiger partial charge is 0.138 e. The normalized spacial score (nSPS) is 11.1. The first-order valence-electron chi connectivity index (χ1n) is 9.06. The summed E-state index contributed by atoms with van der Waals surface area (Å²) in [4.78, 5) is 0. The van der Waals surface area contributed by atoms with Gasteiger partial charge >= 0.3 is 0 Å². The van der Waals surface area contributed by atoms with E-state index in [0.29, 0.717) is 10.9 Å². The predicted molar refractivity (Wildman–Crippen MR) is 102 cm³/mol. The van der Waals surface area contributed by atoms with Crippen LogP contribution in [0.1, 0.15) is 44.6 Å². The van der Waals surface area contributed by atoms with Gasteiger partial charge in [-0.2, -0.15) is 0 Å². The molecule has 0 aliphatic rings. The van der Waals surface area contributed by atoms with E-state index in [-0.39, 0.29) is 5.82 Å². The lowest BCUT2D eigenvalue weighted by molar-refractivity contribution is 0.632. The standard InChI is InChI=1S/C23H25F/c1-2-3-4-5-7-10-18-13-15-22-20(17-18)14-16-21(23(22)24)19-11-8-6-9-12-19/h6,8-9,11-17H,2-5,7,10H2,1H3. The molecular formula is C23H25F. The van der Waals surface area contributed by atoms with E-state index in [1.807, 2.05) is 48.5 Å². The summed E-state index contributed by atoms with van der Waals surface area (Å²) < 4.78 is 14.9. The Labute approximate surface area is 144 Å². The van der Waals surface area contributed by atoms with Crippen molar-refractivity contribution in [2.75, 3.05) is 0 Å². The Morgan fingerprint density at radius 1 is 0.792 bits per heavy atom. The van der Waals surface area contributed by atoms with Crippen LogP contribution < -0.4 is 0 Å². The second-order valence-electron chi connectivity index (χ2n) is 6.51. The van der Waals surface area contributed by atoms with Crippen molar-refractivity contribution in [1.29, 1.82) is 0 Å². The van der Waals surface area contributed by atoms with E-state index in [0.717, 1.165) is 17.4 Å². The zero-order chi connectivity index (χ0) is 16.8. The summed E-state index contributed by atoms with van der Waals surface area (Å²) in [5, 5.41) is 1.71. The number of halogens is 1. The third-order valence-corrected chi connectivity index (χ3v) is 4.67. The van der Waals surface area contributed by atoms with Crippen molar-refractivity contribution in [3.05, 3.63) is 72.0 Å². The average Bonchev–Trinajstić information content (AvgIpc) is 2.62. The molecule has 0 nitrogen and oxygen atoms in total. The summed E-state index contributed by atoms with van der Waals surface area (Å²) in [5.41, 5.74) is 2.91. The Morgan fingerprint density at radius 3 is 2.38 bits per heavy atom. The SMILES string of the molecule is CCCCCCCc1ccc2c(F)c(-c3ccccc3)ccc2c1. The Kier molecular flexibility index (Phi) is 5.63. The predicted octanol–water partition coefficient (Wildman–Crippen LogP) is 7.16. The van der Waals surface area contributed by atoms with Crippen LogP contribution in [0.25, 0.3) is 21.9 Å².